The second kappa shape index (κ2) is 6.71. The van der Waals surface area contributed by atoms with Crippen LogP contribution >= 0.6 is 23.1 Å². The Kier molecular flexibility index (Phi) is 5.38. The number of thiophene rings is 1. The van der Waals surface area contributed by atoms with Crippen molar-refractivity contribution in [2.45, 2.75) is 51.1 Å². The van der Waals surface area contributed by atoms with Crippen LogP contribution in [0.1, 0.15) is 45.8 Å². The molecule has 1 amide bonds. The molecule has 0 aromatic carbocycles. The maximum Gasteiger partial charge on any atom is 0.241 e. The van der Waals surface area contributed by atoms with Crippen LogP contribution in [-0.2, 0) is 4.79 Å². The average Bonchev–Trinajstić information content (AvgIpc) is 3.08. The minimum absolute atomic E-state index is 0.0224. The summed E-state index contributed by atoms with van der Waals surface area (Å²) in [4.78, 5) is 14.9. The first-order chi connectivity index (χ1) is 9.89. The van der Waals surface area contributed by atoms with E-state index in [2.05, 4.69) is 56.1 Å². The van der Waals surface area contributed by atoms with Crippen molar-refractivity contribution >= 4 is 29.0 Å². The predicted molar refractivity (Wildman–Crippen MR) is 92.7 cm³/mol. The van der Waals surface area contributed by atoms with Crippen LogP contribution in [0.15, 0.2) is 16.8 Å². The molecule has 2 heterocycles. The molecule has 5 heteroatoms. The van der Waals surface area contributed by atoms with E-state index in [0.29, 0.717) is 5.92 Å². The maximum absolute atomic E-state index is 12.9. The van der Waals surface area contributed by atoms with Gasteiger partial charge in [0.2, 0.25) is 5.91 Å². The minimum Gasteiger partial charge on any atom is -0.320 e. The quantitative estimate of drug-likeness (QED) is 0.864. The molecule has 1 aromatic rings. The molecular weight excluding hydrogens is 300 g/mol. The molecule has 1 fully saturated rings. The largest absolute Gasteiger partial charge is 0.320 e. The van der Waals surface area contributed by atoms with E-state index in [0.717, 1.165) is 13.0 Å². The fraction of sp³-hybridized carbons (Fsp3) is 0.688. The number of carbonyl (C=O) groups excluding carboxylic acids is 1. The molecule has 3 atom stereocenters. The van der Waals surface area contributed by atoms with Crippen molar-refractivity contribution in [2.75, 3.05) is 12.8 Å². The van der Waals surface area contributed by atoms with E-state index in [1.54, 1.807) is 11.3 Å². The molecule has 0 bridgehead atoms. The molecule has 21 heavy (non-hydrogen) atoms. The number of carbonyl (C=O) groups is 1. The lowest BCUT2D eigenvalue weighted by atomic mass is 9.99. The number of rotatable bonds is 6. The summed E-state index contributed by atoms with van der Waals surface area (Å²) in [5.41, 5.74) is 1.20. The molecule has 1 N–H and O–H groups in total. The number of thioether (sulfide) groups is 1. The summed E-state index contributed by atoms with van der Waals surface area (Å²) < 4.78 is 0.0654. The van der Waals surface area contributed by atoms with Crippen LogP contribution < -0.4 is 5.32 Å². The highest BCUT2D eigenvalue weighted by Crippen LogP contribution is 2.33. The van der Waals surface area contributed by atoms with Crippen LogP contribution in [0, 0.1) is 5.92 Å². The van der Waals surface area contributed by atoms with E-state index in [-0.39, 0.29) is 22.9 Å². The molecule has 1 aliphatic rings. The predicted octanol–water partition coefficient (Wildman–Crippen LogP) is 3.73. The Hall–Kier alpha value is -0.520. The van der Waals surface area contributed by atoms with Gasteiger partial charge in [-0.2, -0.15) is 23.1 Å². The van der Waals surface area contributed by atoms with E-state index in [1.807, 2.05) is 16.7 Å². The summed E-state index contributed by atoms with van der Waals surface area (Å²) in [5.74, 6) is 0.615. The van der Waals surface area contributed by atoms with Gasteiger partial charge >= 0.3 is 0 Å². The highest BCUT2D eigenvalue weighted by Gasteiger charge is 2.43. The fourth-order valence-electron chi connectivity index (χ4n) is 2.63. The summed E-state index contributed by atoms with van der Waals surface area (Å²) in [6.07, 6.45) is 3.15. The average molecular weight is 327 g/mol. The number of amides is 1. The summed E-state index contributed by atoms with van der Waals surface area (Å²) >= 11 is 3.50. The number of hydrogen-bond donors (Lipinski definition) is 1. The van der Waals surface area contributed by atoms with E-state index in [1.165, 1.54) is 5.56 Å². The van der Waals surface area contributed by atoms with Crippen LogP contribution in [0.5, 0.6) is 0 Å². The van der Waals surface area contributed by atoms with Crippen LogP contribution in [-0.4, -0.2) is 34.4 Å². The molecule has 118 valence electrons. The molecule has 3 unspecified atom stereocenters. The Morgan fingerprint density at radius 2 is 2.24 bits per heavy atom. The zero-order valence-corrected chi connectivity index (χ0v) is 15.2. The number of hydrogen-bond acceptors (Lipinski definition) is 4. The zero-order valence-electron chi connectivity index (χ0n) is 13.6. The minimum atomic E-state index is -0.0578. The maximum atomic E-state index is 12.9. The van der Waals surface area contributed by atoms with Crippen molar-refractivity contribution in [2.24, 2.45) is 5.92 Å². The summed E-state index contributed by atoms with van der Waals surface area (Å²) in [5, 5.41) is 7.79. The van der Waals surface area contributed by atoms with Gasteiger partial charge in [0.25, 0.3) is 0 Å². The SMILES string of the molecule is CCC(C)C1NC(c2ccsc2)N(CC(C)(C)SC)C1=O. The highest BCUT2D eigenvalue weighted by atomic mass is 32.2. The van der Waals surface area contributed by atoms with Gasteiger partial charge in [-0.15, -0.1) is 0 Å². The number of nitrogens with one attached hydrogen (secondary N) is 1. The third kappa shape index (κ3) is 3.63. The standard InChI is InChI=1S/C16H26N2OS2/c1-6-11(2)13-15(19)18(10-16(3,4)20-5)14(17-13)12-7-8-21-9-12/h7-9,11,13-14,17H,6,10H2,1-5H3. The van der Waals surface area contributed by atoms with Crippen LogP contribution in [0.4, 0.5) is 0 Å². The zero-order chi connectivity index (χ0) is 15.6. The normalized spacial score (nSPS) is 24.6. The molecule has 0 radical (unpaired) electrons. The van der Waals surface area contributed by atoms with Gasteiger partial charge in [-0.25, -0.2) is 0 Å². The molecular formula is C16H26N2OS2. The highest BCUT2D eigenvalue weighted by molar-refractivity contribution is 7.99. The van der Waals surface area contributed by atoms with Crippen molar-refractivity contribution < 1.29 is 4.79 Å². The summed E-state index contributed by atoms with van der Waals surface area (Å²) in [6.45, 7) is 9.48. The van der Waals surface area contributed by atoms with Gasteiger partial charge in [-0.1, -0.05) is 20.3 Å². The van der Waals surface area contributed by atoms with Gasteiger partial charge in [0.05, 0.1) is 6.04 Å². The first-order valence-corrected chi connectivity index (χ1v) is 9.70. The fourth-order valence-corrected chi connectivity index (χ4v) is 3.58. The van der Waals surface area contributed by atoms with Crippen LogP contribution in [0.25, 0.3) is 0 Å². The summed E-state index contributed by atoms with van der Waals surface area (Å²) in [6, 6.07) is 2.06. The molecule has 0 spiro atoms. The Morgan fingerprint density at radius 1 is 1.52 bits per heavy atom. The molecule has 0 saturated carbocycles. The molecule has 2 rings (SSSR count). The molecule has 1 aliphatic heterocycles. The van der Waals surface area contributed by atoms with Crippen LogP contribution in [0.2, 0.25) is 0 Å². The van der Waals surface area contributed by atoms with Gasteiger partial charge in [-0.05, 0) is 48.4 Å². The van der Waals surface area contributed by atoms with Crippen LogP contribution in [0.3, 0.4) is 0 Å². The third-order valence-electron chi connectivity index (χ3n) is 4.37. The van der Waals surface area contributed by atoms with Gasteiger partial charge in [-0.3, -0.25) is 10.1 Å². The van der Waals surface area contributed by atoms with Crippen molar-refractivity contribution in [3.63, 3.8) is 0 Å². The Labute approximate surface area is 136 Å². The van der Waals surface area contributed by atoms with E-state index >= 15 is 0 Å². The smallest absolute Gasteiger partial charge is 0.241 e. The van der Waals surface area contributed by atoms with Crippen molar-refractivity contribution in [3.8, 4) is 0 Å². The molecule has 3 nitrogen and oxygen atoms in total. The second-order valence-corrected chi connectivity index (χ2v) is 8.71. The molecule has 0 aliphatic carbocycles. The van der Waals surface area contributed by atoms with E-state index in [9.17, 15) is 4.79 Å². The first kappa shape index (κ1) is 16.8. The lowest BCUT2D eigenvalue weighted by Crippen LogP contribution is -2.41. The Morgan fingerprint density at radius 3 is 2.76 bits per heavy atom. The van der Waals surface area contributed by atoms with Crippen molar-refractivity contribution in [1.29, 1.82) is 0 Å². The van der Waals surface area contributed by atoms with Gasteiger partial charge in [0, 0.05) is 11.3 Å². The van der Waals surface area contributed by atoms with Crippen molar-refractivity contribution in [1.82, 2.24) is 10.2 Å². The molecule has 1 aromatic heterocycles. The van der Waals surface area contributed by atoms with Gasteiger partial charge < -0.3 is 4.90 Å². The van der Waals surface area contributed by atoms with Gasteiger partial charge in [0.15, 0.2) is 0 Å². The Bertz CT molecular complexity index is 473. The van der Waals surface area contributed by atoms with Gasteiger partial charge in [0.1, 0.15) is 6.17 Å². The topological polar surface area (TPSA) is 32.3 Å². The summed E-state index contributed by atoms with van der Waals surface area (Å²) in [7, 11) is 0. The Balaban J connectivity index is 2.26. The van der Waals surface area contributed by atoms with E-state index < -0.39 is 0 Å². The third-order valence-corrected chi connectivity index (χ3v) is 6.31. The first-order valence-electron chi connectivity index (χ1n) is 7.53. The molecule has 1 saturated heterocycles. The lowest BCUT2D eigenvalue weighted by molar-refractivity contribution is -0.131. The van der Waals surface area contributed by atoms with E-state index in [4.69, 9.17) is 0 Å². The number of nitrogens with zero attached hydrogens (tertiary/aromatic N) is 1. The monoisotopic (exact) mass is 326 g/mol. The second-order valence-electron chi connectivity index (χ2n) is 6.42. The van der Waals surface area contributed by atoms with Crippen molar-refractivity contribution in [3.05, 3.63) is 22.4 Å². The lowest BCUT2D eigenvalue weighted by Gasteiger charge is -2.32.